The minimum Gasteiger partial charge on any atom is -0.381 e. The molecule has 0 saturated carbocycles. The van der Waals surface area contributed by atoms with E-state index in [2.05, 4.69) is 42.0 Å². The highest BCUT2D eigenvalue weighted by Crippen LogP contribution is 2.36. The third-order valence-corrected chi connectivity index (χ3v) is 4.87. The molecule has 0 bridgehead atoms. The van der Waals surface area contributed by atoms with Gasteiger partial charge in [0.2, 0.25) is 0 Å². The average molecular weight is 358 g/mol. The molecular weight excluding hydrogens is 333 g/mol. The summed E-state index contributed by atoms with van der Waals surface area (Å²) < 4.78 is 19.7. The van der Waals surface area contributed by atoms with Crippen molar-refractivity contribution in [2.24, 2.45) is 5.41 Å². The summed E-state index contributed by atoms with van der Waals surface area (Å²) in [7, 11) is 0. The lowest BCUT2D eigenvalue weighted by Crippen LogP contribution is -2.47. The molecule has 1 N–H and O–H groups in total. The summed E-state index contributed by atoms with van der Waals surface area (Å²) in [6, 6.07) is 5.00. The first-order valence-electron chi connectivity index (χ1n) is 7.56. The standard InChI is InChI=1S/C17H25BrFNO/c1-16(2,3)20-12-17(6-8-21-9-7-17)11-13-4-5-14(19)10-15(13)18/h4-5,10,20H,6-9,11-12H2,1-3H3. The van der Waals surface area contributed by atoms with E-state index in [4.69, 9.17) is 4.74 Å². The van der Waals surface area contributed by atoms with E-state index in [-0.39, 0.29) is 16.8 Å². The summed E-state index contributed by atoms with van der Waals surface area (Å²) in [6.07, 6.45) is 3.03. The molecule has 1 saturated heterocycles. The Morgan fingerprint density at radius 3 is 2.52 bits per heavy atom. The van der Waals surface area contributed by atoms with Crippen LogP contribution in [0, 0.1) is 11.2 Å². The molecule has 0 atom stereocenters. The van der Waals surface area contributed by atoms with E-state index >= 15 is 0 Å². The molecule has 0 unspecified atom stereocenters. The topological polar surface area (TPSA) is 21.3 Å². The Bertz CT molecular complexity index is 478. The van der Waals surface area contributed by atoms with Crippen LogP contribution in [0.25, 0.3) is 0 Å². The molecule has 2 rings (SSSR count). The van der Waals surface area contributed by atoms with Gasteiger partial charge in [0.1, 0.15) is 5.82 Å². The molecular formula is C17H25BrFNO. The van der Waals surface area contributed by atoms with Gasteiger partial charge in [-0.25, -0.2) is 4.39 Å². The number of benzene rings is 1. The molecule has 1 aromatic carbocycles. The predicted octanol–water partition coefficient (Wildman–Crippen LogP) is 4.32. The summed E-state index contributed by atoms with van der Waals surface area (Å²) >= 11 is 3.50. The molecule has 0 spiro atoms. The number of rotatable bonds is 4. The second kappa shape index (κ2) is 6.76. The van der Waals surface area contributed by atoms with E-state index in [9.17, 15) is 4.39 Å². The second-order valence-electron chi connectivity index (χ2n) is 7.13. The summed E-state index contributed by atoms with van der Waals surface area (Å²) in [4.78, 5) is 0. The summed E-state index contributed by atoms with van der Waals surface area (Å²) in [6.45, 7) is 9.15. The van der Waals surface area contributed by atoms with Gasteiger partial charge in [0.15, 0.2) is 0 Å². The highest BCUT2D eigenvalue weighted by atomic mass is 79.9. The Kier molecular flexibility index (Phi) is 5.44. The lowest BCUT2D eigenvalue weighted by molar-refractivity contribution is 0.0120. The van der Waals surface area contributed by atoms with Crippen molar-refractivity contribution in [3.05, 3.63) is 34.1 Å². The van der Waals surface area contributed by atoms with Crippen LogP contribution in [-0.4, -0.2) is 25.3 Å². The Morgan fingerprint density at radius 2 is 1.95 bits per heavy atom. The first-order chi connectivity index (χ1) is 9.80. The zero-order valence-corrected chi connectivity index (χ0v) is 14.7. The Hall–Kier alpha value is -0.450. The van der Waals surface area contributed by atoms with Crippen LogP contribution >= 0.6 is 15.9 Å². The largest absolute Gasteiger partial charge is 0.381 e. The SMILES string of the molecule is CC(C)(C)NCC1(Cc2ccc(F)cc2Br)CCOCC1. The van der Waals surface area contributed by atoms with Crippen molar-refractivity contribution in [3.63, 3.8) is 0 Å². The van der Waals surface area contributed by atoms with Crippen LogP contribution in [0.4, 0.5) is 4.39 Å². The van der Waals surface area contributed by atoms with Crippen molar-refractivity contribution in [2.75, 3.05) is 19.8 Å². The van der Waals surface area contributed by atoms with E-state index in [0.717, 1.165) is 43.5 Å². The Balaban J connectivity index is 2.15. The maximum Gasteiger partial charge on any atom is 0.124 e. The number of hydrogen-bond donors (Lipinski definition) is 1. The summed E-state index contributed by atoms with van der Waals surface area (Å²) in [5, 5.41) is 3.64. The van der Waals surface area contributed by atoms with E-state index in [1.165, 1.54) is 5.56 Å². The number of hydrogen-bond acceptors (Lipinski definition) is 2. The normalized spacial score (nSPS) is 18.7. The fourth-order valence-corrected chi connectivity index (χ4v) is 3.23. The van der Waals surface area contributed by atoms with Gasteiger partial charge in [-0.2, -0.15) is 0 Å². The number of nitrogens with one attached hydrogen (secondary N) is 1. The smallest absolute Gasteiger partial charge is 0.124 e. The highest BCUT2D eigenvalue weighted by molar-refractivity contribution is 9.10. The van der Waals surface area contributed by atoms with E-state index < -0.39 is 0 Å². The molecule has 0 aliphatic carbocycles. The third kappa shape index (κ3) is 5.04. The van der Waals surface area contributed by atoms with Gasteiger partial charge in [-0.15, -0.1) is 0 Å². The molecule has 118 valence electrons. The van der Waals surface area contributed by atoms with Crippen LogP contribution in [0.2, 0.25) is 0 Å². The fraction of sp³-hybridized carbons (Fsp3) is 0.647. The van der Waals surface area contributed by atoms with Crippen LogP contribution in [0.1, 0.15) is 39.2 Å². The lowest BCUT2D eigenvalue weighted by atomic mass is 9.74. The number of halogens is 2. The zero-order chi connectivity index (χ0) is 15.5. The van der Waals surface area contributed by atoms with Crippen LogP contribution in [0.5, 0.6) is 0 Å². The lowest BCUT2D eigenvalue weighted by Gasteiger charge is -2.40. The molecule has 21 heavy (non-hydrogen) atoms. The van der Waals surface area contributed by atoms with Crippen LogP contribution in [0.3, 0.4) is 0 Å². The van der Waals surface area contributed by atoms with Crippen molar-refractivity contribution in [2.45, 2.75) is 45.6 Å². The molecule has 0 radical (unpaired) electrons. The van der Waals surface area contributed by atoms with E-state index in [1.807, 2.05) is 6.07 Å². The minimum atomic E-state index is -0.195. The van der Waals surface area contributed by atoms with Gasteiger partial charge >= 0.3 is 0 Å². The molecule has 0 amide bonds. The van der Waals surface area contributed by atoms with Gasteiger partial charge in [0.25, 0.3) is 0 Å². The van der Waals surface area contributed by atoms with Crippen molar-refractivity contribution in [1.82, 2.24) is 5.32 Å². The van der Waals surface area contributed by atoms with Gasteiger partial charge in [-0.1, -0.05) is 22.0 Å². The van der Waals surface area contributed by atoms with Crippen molar-refractivity contribution in [1.29, 1.82) is 0 Å². The summed E-state index contributed by atoms with van der Waals surface area (Å²) in [5.74, 6) is -0.195. The molecule has 4 heteroatoms. The van der Waals surface area contributed by atoms with Crippen LogP contribution in [-0.2, 0) is 11.2 Å². The van der Waals surface area contributed by atoms with Crippen LogP contribution in [0.15, 0.2) is 22.7 Å². The van der Waals surface area contributed by atoms with E-state index in [1.54, 1.807) is 12.1 Å². The van der Waals surface area contributed by atoms with Crippen molar-refractivity contribution < 1.29 is 9.13 Å². The van der Waals surface area contributed by atoms with Gasteiger partial charge in [-0.05, 0) is 63.1 Å². The molecule has 1 aliphatic heterocycles. The third-order valence-electron chi connectivity index (χ3n) is 4.13. The molecule has 1 fully saturated rings. The molecule has 0 aromatic heterocycles. The molecule has 1 aromatic rings. The quantitative estimate of drug-likeness (QED) is 0.866. The van der Waals surface area contributed by atoms with Crippen LogP contribution < -0.4 is 5.32 Å². The zero-order valence-electron chi connectivity index (χ0n) is 13.1. The molecule has 1 heterocycles. The molecule has 1 aliphatic rings. The van der Waals surface area contributed by atoms with Gasteiger partial charge in [0, 0.05) is 29.8 Å². The maximum absolute atomic E-state index is 13.3. The minimum absolute atomic E-state index is 0.103. The monoisotopic (exact) mass is 357 g/mol. The Labute approximate surface area is 135 Å². The average Bonchev–Trinajstić information content (AvgIpc) is 2.41. The van der Waals surface area contributed by atoms with Gasteiger partial charge in [0.05, 0.1) is 0 Å². The van der Waals surface area contributed by atoms with Crippen molar-refractivity contribution >= 4 is 15.9 Å². The first kappa shape index (κ1) is 16.9. The van der Waals surface area contributed by atoms with Crippen molar-refractivity contribution in [3.8, 4) is 0 Å². The maximum atomic E-state index is 13.3. The second-order valence-corrected chi connectivity index (χ2v) is 7.98. The molecule has 2 nitrogen and oxygen atoms in total. The Morgan fingerprint density at radius 1 is 1.29 bits per heavy atom. The summed E-state index contributed by atoms with van der Waals surface area (Å²) in [5.41, 5.74) is 1.46. The predicted molar refractivity (Wildman–Crippen MR) is 88.0 cm³/mol. The number of ether oxygens (including phenoxy) is 1. The van der Waals surface area contributed by atoms with Gasteiger partial charge in [-0.3, -0.25) is 0 Å². The van der Waals surface area contributed by atoms with Gasteiger partial charge < -0.3 is 10.1 Å². The first-order valence-corrected chi connectivity index (χ1v) is 8.36. The fourth-order valence-electron chi connectivity index (χ4n) is 2.74. The van der Waals surface area contributed by atoms with E-state index in [0.29, 0.717) is 0 Å². The highest BCUT2D eigenvalue weighted by Gasteiger charge is 2.34.